The van der Waals surface area contributed by atoms with E-state index in [4.69, 9.17) is 0 Å². The molecule has 0 fully saturated rings. The molecule has 2 nitrogen and oxygen atoms in total. The second kappa shape index (κ2) is 4.54. The molecule has 0 aromatic heterocycles. The SMILES string of the molecule is C=C/C=C(\C=C/C)C1=NCCN1. The molecule has 0 aromatic carbocycles. The van der Waals surface area contributed by atoms with Gasteiger partial charge in [-0.05, 0) is 6.92 Å². The highest BCUT2D eigenvalue weighted by molar-refractivity contribution is 6.01. The van der Waals surface area contributed by atoms with E-state index in [-0.39, 0.29) is 0 Å². The number of allylic oxidation sites excluding steroid dienone is 3. The lowest BCUT2D eigenvalue weighted by molar-refractivity contribution is 0.960. The molecule has 12 heavy (non-hydrogen) atoms. The Morgan fingerprint density at radius 2 is 2.50 bits per heavy atom. The Morgan fingerprint density at radius 3 is 3.00 bits per heavy atom. The van der Waals surface area contributed by atoms with Gasteiger partial charge in [0.05, 0.1) is 6.54 Å². The molecule has 0 bridgehead atoms. The highest BCUT2D eigenvalue weighted by Gasteiger charge is 2.06. The zero-order chi connectivity index (χ0) is 8.81. The van der Waals surface area contributed by atoms with Crippen LogP contribution < -0.4 is 5.32 Å². The summed E-state index contributed by atoms with van der Waals surface area (Å²) < 4.78 is 0. The van der Waals surface area contributed by atoms with Gasteiger partial charge >= 0.3 is 0 Å². The molecule has 0 spiro atoms. The van der Waals surface area contributed by atoms with Gasteiger partial charge in [0.15, 0.2) is 0 Å². The summed E-state index contributed by atoms with van der Waals surface area (Å²) in [5.74, 6) is 0.980. The molecule has 1 heterocycles. The molecule has 0 saturated carbocycles. The zero-order valence-corrected chi connectivity index (χ0v) is 7.38. The molecule has 2 heteroatoms. The van der Waals surface area contributed by atoms with Crippen molar-refractivity contribution in [3.05, 3.63) is 36.5 Å². The van der Waals surface area contributed by atoms with Gasteiger partial charge in [0, 0.05) is 12.1 Å². The fraction of sp³-hybridized carbons (Fsp3) is 0.300. The Hall–Kier alpha value is -1.31. The maximum absolute atomic E-state index is 4.31. The minimum absolute atomic E-state index is 0.876. The third kappa shape index (κ3) is 2.09. The molecule has 1 rings (SSSR count). The molecule has 0 aliphatic carbocycles. The Morgan fingerprint density at radius 1 is 1.67 bits per heavy atom. The number of aliphatic imine (C=N–C) groups is 1. The van der Waals surface area contributed by atoms with Crippen LogP contribution in [0.15, 0.2) is 41.4 Å². The number of hydrogen-bond acceptors (Lipinski definition) is 2. The van der Waals surface area contributed by atoms with Crippen LogP contribution in [-0.4, -0.2) is 18.9 Å². The molecule has 0 radical (unpaired) electrons. The Balaban J connectivity index is 2.78. The number of nitrogens with one attached hydrogen (secondary N) is 1. The average molecular weight is 162 g/mol. The smallest absolute Gasteiger partial charge is 0.128 e. The summed E-state index contributed by atoms with van der Waals surface area (Å²) in [5, 5.41) is 3.21. The maximum atomic E-state index is 4.31. The van der Waals surface area contributed by atoms with E-state index in [0.717, 1.165) is 24.5 Å². The van der Waals surface area contributed by atoms with Gasteiger partial charge in [-0.1, -0.05) is 30.9 Å². The van der Waals surface area contributed by atoms with Crippen molar-refractivity contribution in [1.29, 1.82) is 0 Å². The average Bonchev–Trinajstić information content (AvgIpc) is 2.56. The predicted molar refractivity (Wildman–Crippen MR) is 53.4 cm³/mol. The second-order valence-electron chi connectivity index (χ2n) is 2.51. The number of rotatable bonds is 3. The first-order valence-corrected chi connectivity index (χ1v) is 4.12. The molecule has 0 unspecified atom stereocenters. The highest BCUT2D eigenvalue weighted by Crippen LogP contribution is 2.02. The minimum atomic E-state index is 0.876. The van der Waals surface area contributed by atoms with Crippen LogP contribution >= 0.6 is 0 Å². The summed E-state index contributed by atoms with van der Waals surface area (Å²) >= 11 is 0. The molecule has 1 N–H and O–H groups in total. The molecule has 0 saturated heterocycles. The van der Waals surface area contributed by atoms with Gasteiger partial charge < -0.3 is 5.32 Å². The first-order valence-electron chi connectivity index (χ1n) is 4.12. The van der Waals surface area contributed by atoms with Gasteiger partial charge in [-0.15, -0.1) is 0 Å². The molecule has 64 valence electrons. The first-order chi connectivity index (χ1) is 5.88. The molecule has 1 aliphatic rings. The van der Waals surface area contributed by atoms with E-state index < -0.39 is 0 Å². The molecule has 1 aliphatic heterocycles. The lowest BCUT2D eigenvalue weighted by Gasteiger charge is -2.00. The highest BCUT2D eigenvalue weighted by atomic mass is 15.1. The first kappa shape index (κ1) is 8.78. The van der Waals surface area contributed by atoms with Gasteiger partial charge in [-0.25, -0.2) is 0 Å². The van der Waals surface area contributed by atoms with Gasteiger partial charge in [0.2, 0.25) is 0 Å². The largest absolute Gasteiger partial charge is 0.368 e. The standard InChI is InChI=1S/C10H14N2/c1-3-5-9(6-4-2)10-11-7-8-12-10/h3-6H,1,7-8H2,2H3,(H,11,12)/b6-4-,9-5+. The van der Waals surface area contributed by atoms with Crippen LogP contribution in [0.3, 0.4) is 0 Å². The minimum Gasteiger partial charge on any atom is -0.368 e. The van der Waals surface area contributed by atoms with Gasteiger partial charge in [-0.2, -0.15) is 0 Å². The van der Waals surface area contributed by atoms with Gasteiger partial charge in [-0.3, -0.25) is 4.99 Å². The summed E-state index contributed by atoms with van der Waals surface area (Å²) in [4.78, 5) is 4.31. The molecular formula is C10H14N2. The van der Waals surface area contributed by atoms with E-state index >= 15 is 0 Å². The molecule has 0 atom stereocenters. The summed E-state index contributed by atoms with van der Waals surface area (Å²) in [5.41, 5.74) is 1.10. The fourth-order valence-electron chi connectivity index (χ4n) is 1.11. The lowest BCUT2D eigenvalue weighted by Crippen LogP contribution is -2.19. The van der Waals surface area contributed by atoms with Crippen LogP contribution in [-0.2, 0) is 0 Å². The number of hydrogen-bond donors (Lipinski definition) is 1. The summed E-state index contributed by atoms with van der Waals surface area (Å²) in [6.07, 6.45) is 7.76. The van der Waals surface area contributed by atoms with Crippen LogP contribution in [0.1, 0.15) is 6.92 Å². The van der Waals surface area contributed by atoms with E-state index in [9.17, 15) is 0 Å². The van der Waals surface area contributed by atoms with Crippen LogP contribution in [0.2, 0.25) is 0 Å². The quantitative estimate of drug-likeness (QED) is 0.627. The van der Waals surface area contributed by atoms with E-state index in [0.29, 0.717) is 0 Å². The van der Waals surface area contributed by atoms with Gasteiger partial charge in [0.1, 0.15) is 5.84 Å². The van der Waals surface area contributed by atoms with E-state index in [1.807, 2.05) is 25.2 Å². The summed E-state index contributed by atoms with van der Waals surface area (Å²) in [6.45, 7) is 7.48. The summed E-state index contributed by atoms with van der Waals surface area (Å²) in [6, 6.07) is 0. The van der Waals surface area contributed by atoms with Crippen molar-refractivity contribution < 1.29 is 0 Å². The van der Waals surface area contributed by atoms with Gasteiger partial charge in [0.25, 0.3) is 0 Å². The van der Waals surface area contributed by atoms with Crippen LogP contribution in [0, 0.1) is 0 Å². The molecule has 0 aromatic rings. The normalized spacial score (nSPS) is 17.8. The van der Waals surface area contributed by atoms with Crippen LogP contribution in [0.4, 0.5) is 0 Å². The van der Waals surface area contributed by atoms with Crippen molar-refractivity contribution in [3.63, 3.8) is 0 Å². The van der Waals surface area contributed by atoms with Crippen LogP contribution in [0.25, 0.3) is 0 Å². The lowest BCUT2D eigenvalue weighted by atomic mass is 10.2. The molecular weight excluding hydrogens is 148 g/mol. The Labute approximate surface area is 73.4 Å². The second-order valence-corrected chi connectivity index (χ2v) is 2.51. The molecule has 0 amide bonds. The van der Waals surface area contributed by atoms with Crippen molar-refractivity contribution in [2.75, 3.05) is 13.1 Å². The van der Waals surface area contributed by atoms with E-state index in [1.165, 1.54) is 0 Å². The van der Waals surface area contributed by atoms with Crippen molar-refractivity contribution in [2.45, 2.75) is 6.92 Å². The Bertz CT molecular complexity index is 247. The van der Waals surface area contributed by atoms with E-state index in [1.54, 1.807) is 6.08 Å². The van der Waals surface area contributed by atoms with E-state index in [2.05, 4.69) is 16.9 Å². The number of amidine groups is 1. The topological polar surface area (TPSA) is 24.4 Å². The summed E-state index contributed by atoms with van der Waals surface area (Å²) in [7, 11) is 0. The van der Waals surface area contributed by atoms with Crippen molar-refractivity contribution in [2.24, 2.45) is 4.99 Å². The Kier molecular flexibility index (Phi) is 3.33. The zero-order valence-electron chi connectivity index (χ0n) is 7.38. The monoisotopic (exact) mass is 162 g/mol. The third-order valence-corrected chi connectivity index (χ3v) is 1.59. The fourth-order valence-corrected chi connectivity index (χ4v) is 1.11. The van der Waals surface area contributed by atoms with Crippen molar-refractivity contribution >= 4 is 5.84 Å². The maximum Gasteiger partial charge on any atom is 0.128 e. The third-order valence-electron chi connectivity index (χ3n) is 1.59. The van der Waals surface area contributed by atoms with Crippen molar-refractivity contribution in [3.8, 4) is 0 Å². The number of nitrogens with zero attached hydrogens (tertiary/aromatic N) is 1. The van der Waals surface area contributed by atoms with Crippen LogP contribution in [0.5, 0.6) is 0 Å². The predicted octanol–water partition coefficient (Wildman–Crippen LogP) is 1.68. The van der Waals surface area contributed by atoms with Crippen molar-refractivity contribution in [1.82, 2.24) is 5.32 Å².